The molecule has 1 atom stereocenters. The van der Waals surface area contributed by atoms with Crippen LogP contribution < -0.4 is 5.32 Å². The Hall–Kier alpha value is -1.59. The third kappa shape index (κ3) is 2.88. The van der Waals surface area contributed by atoms with Crippen LogP contribution in [0.25, 0.3) is 0 Å². The Kier molecular flexibility index (Phi) is 4.07. The van der Waals surface area contributed by atoms with Gasteiger partial charge in [-0.3, -0.25) is 14.4 Å². The molecule has 0 bridgehead atoms. The quantitative estimate of drug-likeness (QED) is 0.660. The highest BCUT2D eigenvalue weighted by Gasteiger charge is 2.52. The zero-order valence-electron chi connectivity index (χ0n) is 11.1. The predicted molar refractivity (Wildman–Crippen MR) is 64.8 cm³/mol. The molecule has 0 aromatic carbocycles. The van der Waals surface area contributed by atoms with Crippen LogP contribution in [0, 0.1) is 5.92 Å². The first-order chi connectivity index (χ1) is 9.04. The fourth-order valence-electron chi connectivity index (χ4n) is 2.44. The van der Waals surface area contributed by atoms with Gasteiger partial charge in [-0.25, -0.2) is 0 Å². The standard InChI is InChI=1S/C13H19NO5/c1-9-5-4-8-14-12(17)13(9)18-10(15)6-2-3-7-11(16)19-13/h9H,2-8H2,1H3,(H,14,17). The summed E-state index contributed by atoms with van der Waals surface area (Å²) in [5.74, 6) is -3.63. The summed E-state index contributed by atoms with van der Waals surface area (Å²) >= 11 is 0. The van der Waals surface area contributed by atoms with Gasteiger partial charge in [-0.05, 0) is 25.7 Å². The van der Waals surface area contributed by atoms with Crippen molar-refractivity contribution in [3.05, 3.63) is 0 Å². The van der Waals surface area contributed by atoms with Crippen molar-refractivity contribution in [2.45, 2.75) is 51.2 Å². The third-order valence-corrected chi connectivity index (χ3v) is 3.61. The highest BCUT2D eigenvalue weighted by Crippen LogP contribution is 2.32. The molecule has 0 aromatic rings. The summed E-state index contributed by atoms with van der Waals surface area (Å²) in [6.07, 6.45) is 2.97. The molecule has 2 aliphatic rings. The van der Waals surface area contributed by atoms with Crippen LogP contribution in [0.3, 0.4) is 0 Å². The van der Waals surface area contributed by atoms with Gasteiger partial charge in [0.05, 0.1) is 0 Å². The molecule has 2 heterocycles. The van der Waals surface area contributed by atoms with Gasteiger partial charge in [0.1, 0.15) is 0 Å². The van der Waals surface area contributed by atoms with E-state index < -0.39 is 23.6 Å². The van der Waals surface area contributed by atoms with Gasteiger partial charge >= 0.3 is 23.6 Å². The molecule has 19 heavy (non-hydrogen) atoms. The second-order valence-electron chi connectivity index (χ2n) is 5.12. The first kappa shape index (κ1) is 13.8. The summed E-state index contributed by atoms with van der Waals surface area (Å²) in [6.45, 7) is 2.27. The molecule has 0 radical (unpaired) electrons. The Morgan fingerprint density at radius 3 is 2.21 bits per heavy atom. The monoisotopic (exact) mass is 269 g/mol. The smallest absolute Gasteiger partial charge is 0.338 e. The van der Waals surface area contributed by atoms with Crippen LogP contribution in [0.2, 0.25) is 0 Å². The van der Waals surface area contributed by atoms with Crippen LogP contribution in [0.15, 0.2) is 0 Å². The van der Waals surface area contributed by atoms with Crippen molar-refractivity contribution in [1.82, 2.24) is 5.32 Å². The van der Waals surface area contributed by atoms with E-state index in [9.17, 15) is 14.4 Å². The SMILES string of the molecule is CC1CCCNC(=O)C12OC(=O)CCCCC(=O)O2. The van der Waals surface area contributed by atoms with Crippen LogP contribution in [-0.2, 0) is 23.9 Å². The van der Waals surface area contributed by atoms with Crippen molar-refractivity contribution in [2.75, 3.05) is 6.54 Å². The average molecular weight is 269 g/mol. The molecular formula is C13H19NO5. The molecule has 1 amide bonds. The molecule has 2 aliphatic heterocycles. The molecular weight excluding hydrogens is 250 g/mol. The molecule has 1 N–H and O–H groups in total. The summed E-state index contributed by atoms with van der Waals surface area (Å²) in [5, 5.41) is 2.65. The second kappa shape index (κ2) is 5.59. The number of carbonyl (C=O) groups excluding carboxylic acids is 3. The maximum Gasteiger partial charge on any atom is 0.338 e. The Bertz CT molecular complexity index is 372. The van der Waals surface area contributed by atoms with E-state index in [-0.39, 0.29) is 18.8 Å². The Morgan fingerprint density at radius 2 is 1.63 bits per heavy atom. The number of nitrogens with one attached hydrogen (secondary N) is 1. The number of hydrogen-bond donors (Lipinski definition) is 1. The van der Waals surface area contributed by atoms with Gasteiger partial charge in [-0.1, -0.05) is 6.92 Å². The first-order valence-electron chi connectivity index (χ1n) is 6.76. The normalized spacial score (nSPS) is 28.3. The molecule has 0 saturated carbocycles. The number of hydrogen-bond acceptors (Lipinski definition) is 5. The van der Waals surface area contributed by atoms with E-state index in [2.05, 4.69) is 5.32 Å². The highest BCUT2D eigenvalue weighted by molar-refractivity contribution is 5.89. The van der Waals surface area contributed by atoms with Gasteiger partial charge in [0.2, 0.25) is 0 Å². The summed E-state index contributed by atoms with van der Waals surface area (Å²) in [4.78, 5) is 35.8. The predicted octanol–water partition coefficient (Wildman–Crippen LogP) is 0.889. The van der Waals surface area contributed by atoms with Crippen LogP contribution in [0.5, 0.6) is 0 Å². The van der Waals surface area contributed by atoms with E-state index in [0.29, 0.717) is 25.8 Å². The van der Waals surface area contributed by atoms with E-state index >= 15 is 0 Å². The molecule has 6 heteroatoms. The van der Waals surface area contributed by atoms with Crippen molar-refractivity contribution >= 4 is 17.8 Å². The molecule has 106 valence electrons. The maximum atomic E-state index is 12.2. The lowest BCUT2D eigenvalue weighted by atomic mass is 9.95. The summed E-state index contributed by atoms with van der Waals surface area (Å²) in [6, 6.07) is 0. The van der Waals surface area contributed by atoms with Crippen LogP contribution in [0.1, 0.15) is 45.4 Å². The van der Waals surface area contributed by atoms with Crippen molar-refractivity contribution in [3.63, 3.8) is 0 Å². The second-order valence-corrected chi connectivity index (χ2v) is 5.12. The van der Waals surface area contributed by atoms with Gasteiger partial charge in [-0.2, -0.15) is 0 Å². The first-order valence-corrected chi connectivity index (χ1v) is 6.76. The van der Waals surface area contributed by atoms with Gasteiger partial charge in [0.15, 0.2) is 0 Å². The van der Waals surface area contributed by atoms with Gasteiger partial charge in [0, 0.05) is 25.3 Å². The molecule has 2 fully saturated rings. The van der Waals surface area contributed by atoms with Crippen molar-refractivity contribution in [1.29, 1.82) is 0 Å². The van der Waals surface area contributed by atoms with Gasteiger partial charge in [-0.15, -0.1) is 0 Å². The number of ether oxygens (including phenoxy) is 2. The fourth-order valence-corrected chi connectivity index (χ4v) is 2.44. The largest absolute Gasteiger partial charge is 0.413 e. The Labute approximate surface area is 111 Å². The maximum absolute atomic E-state index is 12.2. The molecule has 0 aromatic heterocycles. The van der Waals surface area contributed by atoms with Crippen LogP contribution in [-0.4, -0.2) is 30.2 Å². The minimum absolute atomic E-state index is 0.207. The molecule has 2 saturated heterocycles. The van der Waals surface area contributed by atoms with Gasteiger partial charge in [0.25, 0.3) is 0 Å². The minimum Gasteiger partial charge on any atom is -0.413 e. The number of carbonyl (C=O) groups is 3. The van der Waals surface area contributed by atoms with E-state index in [1.165, 1.54) is 0 Å². The van der Waals surface area contributed by atoms with Crippen LogP contribution >= 0.6 is 0 Å². The Morgan fingerprint density at radius 1 is 1.05 bits per heavy atom. The zero-order chi connectivity index (χ0) is 13.9. The topological polar surface area (TPSA) is 81.7 Å². The molecule has 6 nitrogen and oxygen atoms in total. The van der Waals surface area contributed by atoms with Crippen molar-refractivity contribution < 1.29 is 23.9 Å². The zero-order valence-corrected chi connectivity index (χ0v) is 11.1. The highest BCUT2D eigenvalue weighted by atomic mass is 16.7. The lowest BCUT2D eigenvalue weighted by Gasteiger charge is -2.33. The lowest BCUT2D eigenvalue weighted by molar-refractivity contribution is -0.239. The Balaban J connectivity index is 2.33. The van der Waals surface area contributed by atoms with Crippen molar-refractivity contribution in [2.24, 2.45) is 5.92 Å². The summed E-state index contributed by atoms with van der Waals surface area (Å²) < 4.78 is 10.6. The van der Waals surface area contributed by atoms with Gasteiger partial charge < -0.3 is 14.8 Å². The molecule has 1 unspecified atom stereocenters. The summed E-state index contributed by atoms with van der Waals surface area (Å²) in [7, 11) is 0. The van der Waals surface area contributed by atoms with E-state index in [1.54, 1.807) is 6.92 Å². The molecule has 1 spiro atoms. The molecule has 0 aliphatic carbocycles. The number of amides is 1. The van der Waals surface area contributed by atoms with E-state index in [0.717, 1.165) is 6.42 Å². The van der Waals surface area contributed by atoms with Crippen molar-refractivity contribution in [3.8, 4) is 0 Å². The average Bonchev–Trinajstić information content (AvgIpc) is 2.45. The summed E-state index contributed by atoms with van der Waals surface area (Å²) in [5.41, 5.74) is 0. The fraction of sp³-hybridized carbons (Fsp3) is 0.769. The number of esters is 2. The molecule has 2 rings (SSSR count). The third-order valence-electron chi connectivity index (χ3n) is 3.61. The van der Waals surface area contributed by atoms with E-state index in [1.807, 2.05) is 0 Å². The van der Waals surface area contributed by atoms with E-state index in [4.69, 9.17) is 9.47 Å². The minimum atomic E-state index is -1.78. The lowest BCUT2D eigenvalue weighted by Crippen LogP contribution is -2.55. The number of rotatable bonds is 0. The van der Waals surface area contributed by atoms with Crippen LogP contribution in [0.4, 0.5) is 0 Å².